The van der Waals surface area contributed by atoms with Crippen LogP contribution in [0.25, 0.3) is 0 Å². The van der Waals surface area contributed by atoms with Crippen LogP contribution in [-0.2, 0) is 14.3 Å². The summed E-state index contributed by atoms with van der Waals surface area (Å²) in [5, 5.41) is 13.4. The molecule has 0 aromatic heterocycles. The van der Waals surface area contributed by atoms with Gasteiger partial charge in [-0.25, -0.2) is 4.79 Å². The van der Waals surface area contributed by atoms with Gasteiger partial charge in [-0.15, -0.1) is 0 Å². The number of anilines is 1. The van der Waals surface area contributed by atoms with Crippen molar-refractivity contribution in [2.75, 3.05) is 5.32 Å². The zero-order valence-corrected chi connectivity index (χ0v) is 8.58. The van der Waals surface area contributed by atoms with Gasteiger partial charge in [0.25, 0.3) is 5.69 Å². The molecule has 1 atom stereocenters. The molecule has 1 saturated heterocycles. The van der Waals surface area contributed by atoms with E-state index in [0.717, 1.165) is 0 Å². The van der Waals surface area contributed by atoms with Gasteiger partial charge in [-0.3, -0.25) is 14.9 Å². The van der Waals surface area contributed by atoms with E-state index < -0.39 is 22.9 Å². The van der Waals surface area contributed by atoms with Gasteiger partial charge in [0.15, 0.2) is 0 Å². The summed E-state index contributed by atoms with van der Waals surface area (Å²) in [5.41, 5.74) is 0.0359. The highest BCUT2D eigenvalue weighted by atomic mass is 16.6. The molecule has 2 rings (SSSR count). The number of nitrogens with zero attached hydrogens (tertiary/aromatic N) is 1. The standard InChI is InChI=1S/C10H8N2O5/c13-9-5-7(10(14)17-9)11-6-3-1-2-4-8(6)12(15)16/h1-4,7,11H,5H2/t7-/m1/s1. The van der Waals surface area contributed by atoms with Crippen LogP contribution in [0.15, 0.2) is 24.3 Å². The van der Waals surface area contributed by atoms with E-state index in [1.807, 2.05) is 0 Å². The lowest BCUT2D eigenvalue weighted by molar-refractivity contribution is -0.384. The van der Waals surface area contributed by atoms with Gasteiger partial charge in [0.2, 0.25) is 0 Å². The molecule has 0 saturated carbocycles. The molecule has 1 aliphatic rings. The lowest BCUT2D eigenvalue weighted by Gasteiger charge is -2.09. The first-order valence-corrected chi connectivity index (χ1v) is 4.82. The molecular weight excluding hydrogens is 228 g/mol. The summed E-state index contributed by atoms with van der Waals surface area (Å²) < 4.78 is 4.34. The monoisotopic (exact) mass is 236 g/mol. The number of esters is 2. The molecule has 1 heterocycles. The van der Waals surface area contributed by atoms with Crippen molar-refractivity contribution in [2.24, 2.45) is 0 Å². The number of nitro benzene ring substituents is 1. The van der Waals surface area contributed by atoms with Gasteiger partial charge in [0, 0.05) is 6.07 Å². The number of para-hydroxylation sites is 2. The first-order chi connectivity index (χ1) is 8.08. The number of nitro groups is 1. The Balaban J connectivity index is 2.22. The molecule has 1 N–H and O–H groups in total. The van der Waals surface area contributed by atoms with E-state index >= 15 is 0 Å². The molecule has 0 bridgehead atoms. The van der Waals surface area contributed by atoms with Crippen LogP contribution in [0.1, 0.15) is 6.42 Å². The fraction of sp³-hybridized carbons (Fsp3) is 0.200. The van der Waals surface area contributed by atoms with E-state index in [0.29, 0.717) is 0 Å². The fourth-order valence-corrected chi connectivity index (χ4v) is 1.53. The summed E-state index contributed by atoms with van der Waals surface area (Å²) in [6, 6.07) is 5.03. The van der Waals surface area contributed by atoms with E-state index in [1.165, 1.54) is 18.2 Å². The maximum atomic E-state index is 11.2. The molecular formula is C10H8N2O5. The van der Waals surface area contributed by atoms with E-state index in [1.54, 1.807) is 6.07 Å². The molecule has 1 fully saturated rings. The molecule has 7 nitrogen and oxygen atoms in total. The largest absolute Gasteiger partial charge is 0.392 e. The van der Waals surface area contributed by atoms with Gasteiger partial charge in [-0.2, -0.15) is 0 Å². The number of ether oxygens (including phenoxy) is 1. The van der Waals surface area contributed by atoms with Crippen LogP contribution in [0, 0.1) is 10.1 Å². The third kappa shape index (κ3) is 2.22. The Kier molecular flexibility index (Phi) is 2.73. The van der Waals surface area contributed by atoms with Crippen molar-refractivity contribution in [1.82, 2.24) is 0 Å². The molecule has 0 amide bonds. The lowest BCUT2D eigenvalue weighted by Crippen LogP contribution is -2.24. The molecule has 1 aliphatic heterocycles. The van der Waals surface area contributed by atoms with Crippen LogP contribution in [0.3, 0.4) is 0 Å². The van der Waals surface area contributed by atoms with Crippen LogP contribution >= 0.6 is 0 Å². The van der Waals surface area contributed by atoms with Crippen molar-refractivity contribution in [3.05, 3.63) is 34.4 Å². The van der Waals surface area contributed by atoms with E-state index in [-0.39, 0.29) is 17.8 Å². The normalized spacial score (nSPS) is 18.9. The van der Waals surface area contributed by atoms with Crippen LogP contribution in [0.2, 0.25) is 0 Å². The number of cyclic esters (lactones) is 2. The number of rotatable bonds is 3. The van der Waals surface area contributed by atoms with Crippen molar-refractivity contribution in [3.63, 3.8) is 0 Å². The first kappa shape index (κ1) is 11.1. The third-order valence-corrected chi connectivity index (χ3v) is 2.30. The summed E-state index contributed by atoms with van der Waals surface area (Å²) in [6.45, 7) is 0. The Morgan fingerprint density at radius 3 is 2.65 bits per heavy atom. The highest BCUT2D eigenvalue weighted by Crippen LogP contribution is 2.25. The number of carbonyl (C=O) groups excluding carboxylic acids is 2. The van der Waals surface area contributed by atoms with Crippen molar-refractivity contribution in [3.8, 4) is 0 Å². The van der Waals surface area contributed by atoms with Gasteiger partial charge >= 0.3 is 11.9 Å². The van der Waals surface area contributed by atoms with E-state index in [9.17, 15) is 19.7 Å². The van der Waals surface area contributed by atoms with Gasteiger partial charge in [0.1, 0.15) is 11.7 Å². The molecule has 0 spiro atoms. The smallest absolute Gasteiger partial charge is 0.336 e. The number of hydrogen-bond acceptors (Lipinski definition) is 6. The Bertz CT molecular complexity index is 499. The second-order valence-electron chi connectivity index (χ2n) is 3.47. The Morgan fingerprint density at radius 1 is 1.35 bits per heavy atom. The highest BCUT2D eigenvalue weighted by molar-refractivity contribution is 5.98. The first-order valence-electron chi connectivity index (χ1n) is 4.82. The van der Waals surface area contributed by atoms with Crippen molar-refractivity contribution in [1.29, 1.82) is 0 Å². The van der Waals surface area contributed by atoms with Gasteiger partial charge in [-0.1, -0.05) is 12.1 Å². The number of hydrogen-bond donors (Lipinski definition) is 1. The summed E-state index contributed by atoms with van der Waals surface area (Å²) >= 11 is 0. The number of benzene rings is 1. The van der Waals surface area contributed by atoms with Crippen molar-refractivity contribution < 1.29 is 19.2 Å². The Morgan fingerprint density at radius 2 is 2.06 bits per heavy atom. The van der Waals surface area contributed by atoms with Crippen LogP contribution in [0.4, 0.5) is 11.4 Å². The second-order valence-corrected chi connectivity index (χ2v) is 3.47. The molecule has 0 unspecified atom stereocenters. The topological polar surface area (TPSA) is 98.5 Å². The van der Waals surface area contributed by atoms with Crippen molar-refractivity contribution in [2.45, 2.75) is 12.5 Å². The Hall–Kier alpha value is -2.44. The average Bonchev–Trinajstić information content (AvgIpc) is 2.58. The second kappa shape index (κ2) is 4.20. The van der Waals surface area contributed by atoms with Gasteiger partial charge in [0.05, 0.1) is 11.3 Å². The van der Waals surface area contributed by atoms with Crippen LogP contribution in [0.5, 0.6) is 0 Å². The molecule has 0 aliphatic carbocycles. The quantitative estimate of drug-likeness (QED) is 0.361. The zero-order valence-electron chi connectivity index (χ0n) is 8.58. The van der Waals surface area contributed by atoms with E-state index in [2.05, 4.69) is 10.1 Å². The van der Waals surface area contributed by atoms with Crippen LogP contribution in [-0.4, -0.2) is 22.9 Å². The minimum Gasteiger partial charge on any atom is -0.392 e. The zero-order chi connectivity index (χ0) is 12.4. The lowest BCUT2D eigenvalue weighted by atomic mass is 10.2. The maximum absolute atomic E-state index is 11.2. The molecule has 1 aromatic rings. The number of nitrogens with one attached hydrogen (secondary N) is 1. The van der Waals surface area contributed by atoms with Crippen LogP contribution < -0.4 is 5.32 Å². The summed E-state index contributed by atoms with van der Waals surface area (Å²) in [5.74, 6) is -1.35. The predicted molar refractivity (Wildman–Crippen MR) is 56.2 cm³/mol. The summed E-state index contributed by atoms with van der Waals surface area (Å²) in [6.07, 6.45) is -0.120. The minimum atomic E-state index is -0.858. The Labute approximate surface area is 95.5 Å². The summed E-state index contributed by atoms with van der Waals surface area (Å²) in [7, 11) is 0. The molecule has 17 heavy (non-hydrogen) atoms. The average molecular weight is 236 g/mol. The highest BCUT2D eigenvalue weighted by Gasteiger charge is 2.34. The molecule has 88 valence electrons. The maximum Gasteiger partial charge on any atom is 0.336 e. The number of carbonyl (C=O) groups is 2. The molecule has 7 heteroatoms. The fourth-order valence-electron chi connectivity index (χ4n) is 1.53. The molecule has 1 aromatic carbocycles. The third-order valence-electron chi connectivity index (χ3n) is 2.30. The minimum absolute atomic E-state index is 0.120. The van der Waals surface area contributed by atoms with Crippen molar-refractivity contribution >= 4 is 23.3 Å². The van der Waals surface area contributed by atoms with E-state index in [4.69, 9.17) is 0 Å². The molecule has 0 radical (unpaired) electrons. The van der Waals surface area contributed by atoms with Gasteiger partial charge in [-0.05, 0) is 6.07 Å². The summed E-state index contributed by atoms with van der Waals surface area (Å²) in [4.78, 5) is 32.2. The van der Waals surface area contributed by atoms with Gasteiger partial charge < -0.3 is 10.1 Å². The predicted octanol–water partition coefficient (Wildman–Crippen LogP) is 0.849. The SMILES string of the molecule is O=C1C[C@@H](Nc2ccccc2[N+](=O)[O-])C(=O)O1.